The van der Waals surface area contributed by atoms with Crippen molar-refractivity contribution in [2.45, 2.75) is 38.8 Å². The summed E-state index contributed by atoms with van der Waals surface area (Å²) in [6, 6.07) is 15.1. The first-order chi connectivity index (χ1) is 13.0. The molecule has 0 aliphatic carbocycles. The maximum Gasteiger partial charge on any atom is 0.255 e. The molecule has 2 aromatic rings. The van der Waals surface area contributed by atoms with Crippen LogP contribution in [0.3, 0.4) is 0 Å². The summed E-state index contributed by atoms with van der Waals surface area (Å²) in [5.41, 5.74) is 3.70. The molecule has 3 rings (SSSR count). The van der Waals surface area contributed by atoms with E-state index in [-0.39, 0.29) is 11.8 Å². The van der Waals surface area contributed by atoms with Crippen LogP contribution in [0.4, 0.5) is 5.69 Å². The number of hydrogen-bond acceptors (Lipinski definition) is 3. The quantitative estimate of drug-likeness (QED) is 0.766. The predicted molar refractivity (Wildman–Crippen MR) is 112 cm³/mol. The summed E-state index contributed by atoms with van der Waals surface area (Å²) in [7, 11) is 0. The predicted octanol–water partition coefficient (Wildman–Crippen LogP) is 4.53. The van der Waals surface area contributed by atoms with E-state index in [0.717, 1.165) is 17.0 Å². The molecule has 1 atom stereocenters. The van der Waals surface area contributed by atoms with Gasteiger partial charge < -0.3 is 10.2 Å². The van der Waals surface area contributed by atoms with Gasteiger partial charge in [-0.25, -0.2) is 0 Å². The first-order valence-corrected chi connectivity index (χ1v) is 10.7. The number of thioether (sulfide) groups is 1. The molecule has 5 heteroatoms. The fourth-order valence-electron chi connectivity index (χ4n) is 3.36. The van der Waals surface area contributed by atoms with Crippen LogP contribution in [0.25, 0.3) is 0 Å². The number of nitrogens with one attached hydrogen (secondary N) is 1. The maximum atomic E-state index is 13.0. The molecule has 0 fully saturated rings. The summed E-state index contributed by atoms with van der Waals surface area (Å²) in [6.07, 6.45) is 2.65. The second-order valence-electron chi connectivity index (χ2n) is 7.15. The Kier molecular flexibility index (Phi) is 6.22. The SMILES string of the molecule is CSCCC(C(=O)Nc1ccc(C(C)C)cc1)N1Cc2ccccc2C1=O. The summed E-state index contributed by atoms with van der Waals surface area (Å²) in [5.74, 6) is 1.10. The number of amides is 2. The molecule has 27 heavy (non-hydrogen) atoms. The van der Waals surface area contributed by atoms with Gasteiger partial charge in [0.15, 0.2) is 0 Å². The Hall–Kier alpha value is -2.27. The van der Waals surface area contributed by atoms with Gasteiger partial charge in [0, 0.05) is 17.8 Å². The second-order valence-corrected chi connectivity index (χ2v) is 8.14. The van der Waals surface area contributed by atoms with Gasteiger partial charge in [0.05, 0.1) is 0 Å². The Balaban J connectivity index is 1.76. The smallest absolute Gasteiger partial charge is 0.255 e. The van der Waals surface area contributed by atoms with Crippen molar-refractivity contribution in [3.8, 4) is 0 Å². The van der Waals surface area contributed by atoms with Crippen LogP contribution in [0, 0.1) is 0 Å². The van der Waals surface area contributed by atoms with Crippen molar-refractivity contribution < 1.29 is 9.59 Å². The van der Waals surface area contributed by atoms with Gasteiger partial charge in [0.1, 0.15) is 6.04 Å². The third kappa shape index (κ3) is 4.35. The van der Waals surface area contributed by atoms with Crippen LogP contribution in [0.2, 0.25) is 0 Å². The molecule has 1 N–H and O–H groups in total. The highest BCUT2D eigenvalue weighted by atomic mass is 32.2. The summed E-state index contributed by atoms with van der Waals surface area (Å²) >= 11 is 1.68. The molecule has 1 aliphatic rings. The van der Waals surface area contributed by atoms with Crippen molar-refractivity contribution in [2.24, 2.45) is 0 Å². The van der Waals surface area contributed by atoms with Crippen LogP contribution in [0.15, 0.2) is 48.5 Å². The topological polar surface area (TPSA) is 49.4 Å². The van der Waals surface area contributed by atoms with E-state index in [0.29, 0.717) is 24.4 Å². The standard InChI is InChI=1S/C22H26N2O2S/c1-15(2)16-8-10-18(11-9-16)23-21(25)20(12-13-27-3)24-14-17-6-4-5-7-19(17)22(24)26/h4-11,15,20H,12-14H2,1-3H3,(H,23,25). The molecule has 1 aliphatic heterocycles. The molecule has 142 valence electrons. The van der Waals surface area contributed by atoms with Crippen molar-refractivity contribution in [2.75, 3.05) is 17.3 Å². The Bertz CT molecular complexity index is 817. The van der Waals surface area contributed by atoms with Crippen LogP contribution in [-0.4, -0.2) is 34.8 Å². The summed E-state index contributed by atoms with van der Waals surface area (Å²) in [5, 5.41) is 3.00. The molecule has 0 spiro atoms. The van der Waals surface area contributed by atoms with Crippen molar-refractivity contribution in [3.63, 3.8) is 0 Å². The molecule has 1 unspecified atom stereocenters. The summed E-state index contributed by atoms with van der Waals surface area (Å²) in [4.78, 5) is 27.5. The molecular formula is C22H26N2O2S. The number of carbonyl (C=O) groups excluding carboxylic acids is 2. The zero-order chi connectivity index (χ0) is 19.4. The number of rotatable bonds is 7. The first-order valence-electron chi connectivity index (χ1n) is 9.30. The minimum Gasteiger partial charge on any atom is -0.324 e. The zero-order valence-corrected chi connectivity index (χ0v) is 16.9. The highest BCUT2D eigenvalue weighted by Gasteiger charge is 2.35. The molecular weight excluding hydrogens is 356 g/mol. The van der Waals surface area contributed by atoms with E-state index in [9.17, 15) is 9.59 Å². The van der Waals surface area contributed by atoms with Crippen LogP contribution in [0.5, 0.6) is 0 Å². The molecule has 0 saturated carbocycles. The minimum atomic E-state index is -0.470. The monoisotopic (exact) mass is 382 g/mol. The molecule has 2 amide bonds. The normalized spacial score (nSPS) is 14.4. The minimum absolute atomic E-state index is 0.0537. The van der Waals surface area contributed by atoms with Gasteiger partial charge in [-0.3, -0.25) is 9.59 Å². The van der Waals surface area contributed by atoms with Crippen LogP contribution in [0.1, 0.15) is 47.7 Å². The largest absolute Gasteiger partial charge is 0.324 e. The van der Waals surface area contributed by atoms with Crippen molar-refractivity contribution in [1.29, 1.82) is 0 Å². The van der Waals surface area contributed by atoms with E-state index in [1.807, 2.05) is 54.8 Å². The molecule has 0 saturated heterocycles. The van der Waals surface area contributed by atoms with Crippen molar-refractivity contribution in [3.05, 3.63) is 65.2 Å². The van der Waals surface area contributed by atoms with Crippen molar-refractivity contribution in [1.82, 2.24) is 4.90 Å². The van der Waals surface area contributed by atoms with E-state index in [1.165, 1.54) is 5.56 Å². The van der Waals surface area contributed by atoms with Crippen molar-refractivity contribution >= 4 is 29.3 Å². The molecule has 0 radical (unpaired) electrons. The number of benzene rings is 2. The average Bonchev–Trinajstić information content (AvgIpc) is 2.99. The molecule has 1 heterocycles. The molecule has 4 nitrogen and oxygen atoms in total. The van der Waals surface area contributed by atoms with Crippen LogP contribution >= 0.6 is 11.8 Å². The third-order valence-corrected chi connectivity index (χ3v) is 5.61. The number of carbonyl (C=O) groups is 2. The van der Waals surface area contributed by atoms with E-state index < -0.39 is 6.04 Å². The number of nitrogens with zero attached hydrogens (tertiary/aromatic N) is 1. The third-order valence-electron chi connectivity index (χ3n) is 4.97. The van der Waals surface area contributed by atoms with Gasteiger partial charge in [-0.15, -0.1) is 0 Å². The summed E-state index contributed by atoms with van der Waals surface area (Å²) < 4.78 is 0. The molecule has 0 bridgehead atoms. The Morgan fingerprint density at radius 1 is 1.15 bits per heavy atom. The van der Waals surface area contributed by atoms with Crippen LogP contribution in [-0.2, 0) is 11.3 Å². The van der Waals surface area contributed by atoms with E-state index >= 15 is 0 Å². The van der Waals surface area contributed by atoms with Gasteiger partial charge in [-0.1, -0.05) is 44.2 Å². The lowest BCUT2D eigenvalue weighted by molar-refractivity contribution is -0.120. The summed E-state index contributed by atoms with van der Waals surface area (Å²) in [6.45, 7) is 4.78. The van der Waals surface area contributed by atoms with Gasteiger partial charge in [0.25, 0.3) is 5.91 Å². The second kappa shape index (κ2) is 8.61. The fraction of sp³-hybridized carbons (Fsp3) is 0.364. The zero-order valence-electron chi connectivity index (χ0n) is 16.1. The lowest BCUT2D eigenvalue weighted by Crippen LogP contribution is -2.44. The lowest BCUT2D eigenvalue weighted by Gasteiger charge is -2.27. The maximum absolute atomic E-state index is 13.0. The average molecular weight is 383 g/mol. The highest BCUT2D eigenvalue weighted by molar-refractivity contribution is 7.98. The Labute approximate surface area is 165 Å². The first kappa shape index (κ1) is 19.5. The van der Waals surface area contributed by atoms with Crippen LogP contribution < -0.4 is 5.32 Å². The number of anilines is 1. The highest BCUT2D eigenvalue weighted by Crippen LogP contribution is 2.27. The Morgan fingerprint density at radius 2 is 1.85 bits per heavy atom. The van der Waals surface area contributed by atoms with Gasteiger partial charge >= 0.3 is 0 Å². The number of hydrogen-bond donors (Lipinski definition) is 1. The molecule has 2 aromatic carbocycles. The Morgan fingerprint density at radius 3 is 2.48 bits per heavy atom. The molecule has 0 aromatic heterocycles. The lowest BCUT2D eigenvalue weighted by atomic mass is 10.0. The van der Waals surface area contributed by atoms with Gasteiger partial charge in [0.2, 0.25) is 5.91 Å². The van der Waals surface area contributed by atoms with E-state index in [1.54, 1.807) is 16.7 Å². The number of fused-ring (bicyclic) bond motifs is 1. The fourth-order valence-corrected chi connectivity index (χ4v) is 3.82. The van der Waals surface area contributed by atoms with E-state index in [4.69, 9.17) is 0 Å². The van der Waals surface area contributed by atoms with Gasteiger partial charge in [-0.05, 0) is 53.7 Å². The van der Waals surface area contributed by atoms with E-state index in [2.05, 4.69) is 19.2 Å². The van der Waals surface area contributed by atoms with Gasteiger partial charge in [-0.2, -0.15) is 11.8 Å².